The van der Waals surface area contributed by atoms with Crippen molar-refractivity contribution in [1.29, 1.82) is 0 Å². The van der Waals surface area contributed by atoms with Gasteiger partial charge in [-0.05, 0) is 38.0 Å². The molecule has 2 aromatic rings. The van der Waals surface area contributed by atoms with Gasteiger partial charge in [0.15, 0.2) is 0 Å². The lowest BCUT2D eigenvalue weighted by Crippen LogP contribution is -2.51. The average molecular weight is 451 g/mol. The zero-order valence-electron chi connectivity index (χ0n) is 17.3. The van der Waals surface area contributed by atoms with Gasteiger partial charge in [0, 0.05) is 12.1 Å². The van der Waals surface area contributed by atoms with E-state index in [2.05, 4.69) is 10.0 Å². The summed E-state index contributed by atoms with van der Waals surface area (Å²) >= 11 is 0. The number of amides is 1. The quantitative estimate of drug-likeness (QED) is 0.571. The van der Waals surface area contributed by atoms with E-state index in [-0.39, 0.29) is 36.2 Å². The molecule has 0 saturated carbocycles. The van der Waals surface area contributed by atoms with Gasteiger partial charge in [0.05, 0.1) is 36.2 Å². The predicted molar refractivity (Wildman–Crippen MR) is 113 cm³/mol. The second-order valence-electron chi connectivity index (χ2n) is 7.67. The fraction of sp³-hybridized carbons (Fsp3) is 0.409. The Morgan fingerprint density at radius 3 is 2.55 bits per heavy atom. The molecule has 0 bridgehead atoms. The van der Waals surface area contributed by atoms with E-state index in [1.807, 2.05) is 6.92 Å². The maximum absolute atomic E-state index is 13.7. The number of aryl methyl sites for hydroxylation is 1. The Kier molecular flexibility index (Phi) is 7.77. The summed E-state index contributed by atoms with van der Waals surface area (Å²) in [6.07, 6.45) is -0.314. The summed E-state index contributed by atoms with van der Waals surface area (Å²) in [5.41, 5.74) is 1.34. The molecular weight excluding hydrogens is 423 g/mol. The summed E-state index contributed by atoms with van der Waals surface area (Å²) in [6.45, 7) is 1.56. The van der Waals surface area contributed by atoms with Crippen LogP contribution in [0.2, 0.25) is 0 Å². The number of nitrogens with one attached hydrogen (secondary N) is 2. The summed E-state index contributed by atoms with van der Waals surface area (Å²) in [7, 11) is -3.76. The number of carbonyl (C=O) groups is 1. The van der Waals surface area contributed by atoms with E-state index in [1.54, 1.807) is 30.3 Å². The molecule has 0 aliphatic carbocycles. The van der Waals surface area contributed by atoms with Crippen molar-refractivity contribution in [2.45, 2.75) is 55.9 Å². The van der Waals surface area contributed by atoms with Crippen LogP contribution in [-0.4, -0.2) is 44.3 Å². The van der Waals surface area contributed by atoms with Crippen LogP contribution in [0, 0.1) is 12.7 Å². The molecule has 1 aliphatic rings. The molecule has 31 heavy (non-hydrogen) atoms. The van der Waals surface area contributed by atoms with Crippen LogP contribution in [0.25, 0.3) is 0 Å². The normalized spacial score (nSPS) is 21.6. The van der Waals surface area contributed by atoms with Gasteiger partial charge in [-0.15, -0.1) is 0 Å². The van der Waals surface area contributed by atoms with Crippen LogP contribution in [0.1, 0.15) is 30.4 Å². The van der Waals surface area contributed by atoms with Gasteiger partial charge in [-0.3, -0.25) is 4.79 Å². The molecule has 1 amide bonds. The maximum Gasteiger partial charge on any atom is 0.240 e. The summed E-state index contributed by atoms with van der Waals surface area (Å²) in [5, 5.41) is 12.4. The molecular formula is C22H27FN2O5S. The van der Waals surface area contributed by atoms with Crippen LogP contribution in [0.15, 0.2) is 53.4 Å². The number of hydrogen-bond acceptors (Lipinski definition) is 5. The highest BCUT2D eigenvalue weighted by Crippen LogP contribution is 2.24. The van der Waals surface area contributed by atoms with Crippen molar-refractivity contribution < 1.29 is 27.4 Å². The lowest BCUT2D eigenvalue weighted by molar-refractivity contribution is -0.130. The van der Waals surface area contributed by atoms with Gasteiger partial charge in [0.2, 0.25) is 15.9 Å². The Labute approximate surface area is 181 Å². The molecule has 2 aromatic carbocycles. The highest BCUT2D eigenvalue weighted by Gasteiger charge is 2.34. The summed E-state index contributed by atoms with van der Waals surface area (Å²) in [6, 6.07) is 12.1. The third-order valence-electron chi connectivity index (χ3n) is 5.28. The molecule has 1 saturated heterocycles. The molecule has 168 valence electrons. The van der Waals surface area contributed by atoms with Crippen LogP contribution in [0.5, 0.6) is 0 Å². The zero-order valence-corrected chi connectivity index (χ0v) is 18.1. The Hall–Kier alpha value is -2.33. The summed E-state index contributed by atoms with van der Waals surface area (Å²) in [4.78, 5) is 12.4. The van der Waals surface area contributed by atoms with E-state index < -0.39 is 28.3 Å². The second kappa shape index (κ2) is 10.3. The zero-order chi connectivity index (χ0) is 22.4. The number of halogens is 1. The lowest BCUT2D eigenvalue weighted by atomic mass is 9.98. The number of aliphatic hydroxyl groups is 1. The van der Waals surface area contributed by atoms with E-state index in [0.717, 1.165) is 5.56 Å². The molecule has 0 spiro atoms. The van der Waals surface area contributed by atoms with Gasteiger partial charge in [-0.25, -0.2) is 17.5 Å². The molecule has 0 aromatic heterocycles. The number of hydrogen-bond donors (Lipinski definition) is 3. The first-order valence-electron chi connectivity index (χ1n) is 10.1. The van der Waals surface area contributed by atoms with Crippen molar-refractivity contribution in [1.82, 2.24) is 10.0 Å². The van der Waals surface area contributed by atoms with Crippen LogP contribution in [0.3, 0.4) is 0 Å². The molecule has 1 fully saturated rings. The monoisotopic (exact) mass is 450 g/mol. The first kappa shape index (κ1) is 23.3. The van der Waals surface area contributed by atoms with Crippen molar-refractivity contribution in [2.24, 2.45) is 0 Å². The SMILES string of the molecule is Cc1ccc(S(=O)(=O)N[C@@H]2CC[C@H](CC(=O)NCc3ccccc3F)O[C@H]2CO)cc1. The standard InChI is InChI=1S/C22H27FN2O5S/c1-15-6-9-18(10-7-15)31(28,29)25-20-11-8-17(30-21(20)14-26)12-22(27)24-13-16-4-2-3-5-19(16)23/h2-7,9-10,17,20-21,25-26H,8,11-14H2,1H3,(H,24,27)/t17-,20-,21+/m1/s1. The molecule has 3 rings (SSSR count). The van der Waals surface area contributed by atoms with Crippen molar-refractivity contribution >= 4 is 15.9 Å². The molecule has 3 atom stereocenters. The van der Waals surface area contributed by atoms with Crippen LogP contribution in [0.4, 0.5) is 4.39 Å². The minimum atomic E-state index is -3.76. The largest absolute Gasteiger partial charge is 0.394 e. The van der Waals surface area contributed by atoms with Crippen LogP contribution in [-0.2, 0) is 26.1 Å². The maximum atomic E-state index is 13.7. The topological polar surface area (TPSA) is 105 Å². The molecule has 9 heteroatoms. The van der Waals surface area contributed by atoms with Crippen molar-refractivity contribution in [3.8, 4) is 0 Å². The lowest BCUT2D eigenvalue weighted by Gasteiger charge is -2.35. The molecule has 1 aliphatic heterocycles. The Morgan fingerprint density at radius 1 is 1.16 bits per heavy atom. The minimum absolute atomic E-state index is 0.0440. The molecule has 7 nitrogen and oxygen atoms in total. The number of carbonyl (C=O) groups excluding carboxylic acids is 1. The van der Waals surface area contributed by atoms with Crippen molar-refractivity contribution in [3.63, 3.8) is 0 Å². The average Bonchev–Trinajstić information content (AvgIpc) is 2.74. The number of sulfonamides is 1. The fourth-order valence-electron chi connectivity index (χ4n) is 3.52. The first-order valence-corrected chi connectivity index (χ1v) is 11.6. The highest BCUT2D eigenvalue weighted by atomic mass is 32.2. The smallest absolute Gasteiger partial charge is 0.240 e. The van der Waals surface area contributed by atoms with Gasteiger partial charge >= 0.3 is 0 Å². The summed E-state index contributed by atoms with van der Waals surface area (Å²) < 4.78 is 47.3. The van der Waals surface area contributed by atoms with E-state index in [0.29, 0.717) is 18.4 Å². The molecule has 3 N–H and O–H groups in total. The Bertz CT molecular complexity index is 997. The third-order valence-corrected chi connectivity index (χ3v) is 6.79. The number of aliphatic hydroxyl groups excluding tert-OH is 1. The van der Waals surface area contributed by atoms with Crippen LogP contribution < -0.4 is 10.0 Å². The van der Waals surface area contributed by atoms with Gasteiger partial charge < -0.3 is 15.2 Å². The number of benzene rings is 2. The first-order chi connectivity index (χ1) is 14.8. The minimum Gasteiger partial charge on any atom is -0.394 e. The van der Waals surface area contributed by atoms with Gasteiger partial charge in [0.25, 0.3) is 0 Å². The van der Waals surface area contributed by atoms with Crippen molar-refractivity contribution in [2.75, 3.05) is 6.61 Å². The summed E-state index contributed by atoms with van der Waals surface area (Å²) in [5.74, 6) is -0.690. The van der Waals surface area contributed by atoms with Gasteiger partial charge in [0.1, 0.15) is 5.82 Å². The number of ether oxygens (including phenoxy) is 1. The number of rotatable bonds is 8. The highest BCUT2D eigenvalue weighted by molar-refractivity contribution is 7.89. The third kappa shape index (κ3) is 6.33. The Morgan fingerprint density at radius 2 is 1.87 bits per heavy atom. The van der Waals surface area contributed by atoms with E-state index >= 15 is 0 Å². The Balaban J connectivity index is 1.53. The van der Waals surface area contributed by atoms with Crippen molar-refractivity contribution in [3.05, 3.63) is 65.5 Å². The van der Waals surface area contributed by atoms with Gasteiger partial charge in [-0.1, -0.05) is 35.9 Å². The molecule has 1 heterocycles. The van der Waals surface area contributed by atoms with Crippen LogP contribution >= 0.6 is 0 Å². The van der Waals surface area contributed by atoms with E-state index in [1.165, 1.54) is 18.2 Å². The predicted octanol–water partition coefficient (Wildman–Crippen LogP) is 2.03. The van der Waals surface area contributed by atoms with E-state index in [9.17, 15) is 22.7 Å². The van der Waals surface area contributed by atoms with E-state index in [4.69, 9.17) is 4.74 Å². The fourth-order valence-corrected chi connectivity index (χ4v) is 4.81. The van der Waals surface area contributed by atoms with Gasteiger partial charge in [-0.2, -0.15) is 0 Å². The molecule has 0 radical (unpaired) electrons. The molecule has 0 unspecified atom stereocenters. The second-order valence-corrected chi connectivity index (χ2v) is 9.38.